The predicted octanol–water partition coefficient (Wildman–Crippen LogP) is 3.57. The summed E-state index contributed by atoms with van der Waals surface area (Å²) in [5.74, 6) is 4.52. The number of halogens is 2. The smallest absolute Gasteiger partial charge is 0.137 e. The lowest BCUT2D eigenvalue weighted by atomic mass is 10.0. The molecule has 0 aliphatic rings. The summed E-state index contributed by atoms with van der Waals surface area (Å²) >= 11 is 0. The highest BCUT2D eigenvalue weighted by Gasteiger charge is 2.24. The molecule has 3 aromatic rings. The molecule has 0 radical (unpaired) electrons. The van der Waals surface area contributed by atoms with Gasteiger partial charge in [0.25, 0.3) is 0 Å². The molecular formula is C16H14F2N2O. The average molecular weight is 288 g/mol. The van der Waals surface area contributed by atoms with Gasteiger partial charge < -0.3 is 4.42 Å². The van der Waals surface area contributed by atoms with Crippen molar-refractivity contribution in [3.05, 3.63) is 71.0 Å². The monoisotopic (exact) mass is 288 g/mol. The van der Waals surface area contributed by atoms with Gasteiger partial charge in [0.05, 0.1) is 0 Å². The third kappa shape index (κ3) is 2.30. The third-order valence-electron chi connectivity index (χ3n) is 3.50. The highest BCUT2D eigenvalue weighted by atomic mass is 19.1. The van der Waals surface area contributed by atoms with Crippen LogP contribution in [0.5, 0.6) is 0 Å². The molecule has 1 unspecified atom stereocenters. The van der Waals surface area contributed by atoms with Crippen LogP contribution in [-0.4, -0.2) is 0 Å². The van der Waals surface area contributed by atoms with Crippen LogP contribution in [0.3, 0.4) is 0 Å². The average Bonchev–Trinajstić information content (AvgIpc) is 2.88. The maximum absolute atomic E-state index is 13.9. The van der Waals surface area contributed by atoms with Crippen molar-refractivity contribution in [3.8, 4) is 0 Å². The number of hydrazine groups is 1. The lowest BCUT2D eigenvalue weighted by Gasteiger charge is -2.15. The number of hydrogen-bond acceptors (Lipinski definition) is 3. The molecular weight excluding hydrogens is 274 g/mol. The molecule has 0 bridgehead atoms. The van der Waals surface area contributed by atoms with Gasteiger partial charge in [-0.25, -0.2) is 14.2 Å². The van der Waals surface area contributed by atoms with Crippen molar-refractivity contribution in [2.45, 2.75) is 13.0 Å². The largest absolute Gasteiger partial charge is 0.459 e. The Kier molecular flexibility index (Phi) is 3.45. The van der Waals surface area contributed by atoms with E-state index in [-0.39, 0.29) is 5.56 Å². The van der Waals surface area contributed by atoms with Crippen LogP contribution in [0.4, 0.5) is 8.78 Å². The fourth-order valence-corrected chi connectivity index (χ4v) is 2.47. The standard InChI is InChI=1S/C16H14F2N2O/c1-9-4-2-5-10-8-13(21-16(9)10)15(20-19)14-11(17)6-3-7-12(14)18/h2-8,15,20H,19H2,1H3. The first-order chi connectivity index (χ1) is 10.1. The molecule has 1 aromatic heterocycles. The molecule has 3 nitrogen and oxygen atoms in total. The Morgan fingerprint density at radius 3 is 2.38 bits per heavy atom. The van der Waals surface area contributed by atoms with Gasteiger partial charge in [0.1, 0.15) is 29.0 Å². The minimum absolute atomic E-state index is 0.156. The fourth-order valence-electron chi connectivity index (χ4n) is 2.47. The van der Waals surface area contributed by atoms with E-state index in [0.717, 1.165) is 10.9 Å². The van der Waals surface area contributed by atoms with Crippen molar-refractivity contribution in [2.75, 3.05) is 0 Å². The first-order valence-corrected chi connectivity index (χ1v) is 6.51. The molecule has 0 spiro atoms. The van der Waals surface area contributed by atoms with Crippen LogP contribution in [0.1, 0.15) is 22.9 Å². The number of nitrogens with two attached hydrogens (primary N) is 1. The highest BCUT2D eigenvalue weighted by Crippen LogP contribution is 2.31. The van der Waals surface area contributed by atoms with Crippen molar-refractivity contribution < 1.29 is 13.2 Å². The molecule has 0 aliphatic heterocycles. The second kappa shape index (κ2) is 5.27. The Bertz CT molecular complexity index is 778. The summed E-state index contributed by atoms with van der Waals surface area (Å²) in [5.41, 5.74) is 3.90. The third-order valence-corrected chi connectivity index (χ3v) is 3.50. The molecule has 0 saturated heterocycles. The Morgan fingerprint density at radius 1 is 1.10 bits per heavy atom. The second-order valence-electron chi connectivity index (χ2n) is 4.88. The molecule has 3 N–H and O–H groups in total. The van der Waals surface area contributed by atoms with Gasteiger partial charge in [0.2, 0.25) is 0 Å². The van der Waals surface area contributed by atoms with E-state index in [1.165, 1.54) is 18.2 Å². The van der Waals surface area contributed by atoms with Gasteiger partial charge in [-0.1, -0.05) is 24.3 Å². The molecule has 0 fully saturated rings. The van der Waals surface area contributed by atoms with E-state index in [1.54, 1.807) is 6.07 Å². The quantitative estimate of drug-likeness (QED) is 0.572. The Morgan fingerprint density at radius 2 is 1.76 bits per heavy atom. The summed E-state index contributed by atoms with van der Waals surface area (Å²) in [7, 11) is 0. The number of aryl methyl sites for hydroxylation is 1. The summed E-state index contributed by atoms with van der Waals surface area (Å²) in [6, 6.07) is 10.2. The first-order valence-electron chi connectivity index (χ1n) is 6.51. The summed E-state index contributed by atoms with van der Waals surface area (Å²) < 4.78 is 33.6. The highest BCUT2D eigenvalue weighted by molar-refractivity contribution is 5.81. The number of furan rings is 1. The van der Waals surface area contributed by atoms with Crippen LogP contribution in [-0.2, 0) is 0 Å². The number of hydrogen-bond donors (Lipinski definition) is 2. The van der Waals surface area contributed by atoms with Crippen LogP contribution < -0.4 is 11.3 Å². The molecule has 1 heterocycles. The van der Waals surface area contributed by atoms with Gasteiger partial charge in [0.15, 0.2) is 0 Å². The van der Waals surface area contributed by atoms with Gasteiger partial charge in [-0.15, -0.1) is 0 Å². The van der Waals surface area contributed by atoms with E-state index < -0.39 is 17.7 Å². The number of rotatable bonds is 3. The van der Waals surface area contributed by atoms with Gasteiger partial charge in [-0.2, -0.15) is 0 Å². The van der Waals surface area contributed by atoms with Crippen LogP contribution >= 0.6 is 0 Å². The van der Waals surface area contributed by atoms with E-state index in [4.69, 9.17) is 10.3 Å². The number of para-hydroxylation sites is 1. The Balaban J connectivity index is 2.16. The van der Waals surface area contributed by atoms with Crippen molar-refractivity contribution in [1.82, 2.24) is 5.43 Å². The predicted molar refractivity (Wildman–Crippen MR) is 76.5 cm³/mol. The Hall–Kier alpha value is -2.24. The van der Waals surface area contributed by atoms with Crippen LogP contribution in [0.25, 0.3) is 11.0 Å². The maximum Gasteiger partial charge on any atom is 0.137 e. The minimum Gasteiger partial charge on any atom is -0.459 e. The molecule has 108 valence electrons. The maximum atomic E-state index is 13.9. The number of benzene rings is 2. The summed E-state index contributed by atoms with van der Waals surface area (Å²) in [4.78, 5) is 0. The first kappa shape index (κ1) is 13.7. The normalized spacial score (nSPS) is 12.8. The zero-order valence-corrected chi connectivity index (χ0v) is 11.4. The van der Waals surface area contributed by atoms with Gasteiger partial charge in [-0.05, 0) is 30.7 Å². The van der Waals surface area contributed by atoms with Crippen molar-refractivity contribution in [3.63, 3.8) is 0 Å². The molecule has 0 saturated carbocycles. The minimum atomic E-state index is -0.891. The van der Waals surface area contributed by atoms with Crippen LogP contribution in [0.15, 0.2) is 46.9 Å². The van der Waals surface area contributed by atoms with Crippen LogP contribution in [0, 0.1) is 18.6 Å². The van der Waals surface area contributed by atoms with Crippen LogP contribution in [0.2, 0.25) is 0 Å². The topological polar surface area (TPSA) is 51.2 Å². The van der Waals surface area contributed by atoms with Crippen molar-refractivity contribution in [1.29, 1.82) is 0 Å². The molecule has 0 amide bonds. The van der Waals surface area contributed by atoms with Crippen molar-refractivity contribution >= 4 is 11.0 Å². The SMILES string of the molecule is Cc1cccc2cc(C(NN)c3c(F)cccc3F)oc12. The molecule has 2 aromatic carbocycles. The molecule has 3 rings (SSSR count). The zero-order chi connectivity index (χ0) is 15.0. The fraction of sp³-hybridized carbons (Fsp3) is 0.125. The summed E-state index contributed by atoms with van der Waals surface area (Å²) in [6.45, 7) is 1.91. The van der Waals surface area contributed by atoms with E-state index in [2.05, 4.69) is 5.43 Å². The van der Waals surface area contributed by atoms with E-state index in [9.17, 15) is 8.78 Å². The van der Waals surface area contributed by atoms with Gasteiger partial charge >= 0.3 is 0 Å². The lowest BCUT2D eigenvalue weighted by Crippen LogP contribution is -2.30. The molecule has 1 atom stereocenters. The summed E-state index contributed by atoms with van der Waals surface area (Å²) in [6.07, 6.45) is 0. The molecule has 0 aliphatic carbocycles. The molecule has 5 heteroatoms. The Labute approximate surface area is 120 Å². The van der Waals surface area contributed by atoms with E-state index >= 15 is 0 Å². The van der Waals surface area contributed by atoms with Crippen molar-refractivity contribution in [2.24, 2.45) is 5.84 Å². The summed E-state index contributed by atoms with van der Waals surface area (Å²) in [5, 5.41) is 0.863. The number of nitrogens with one attached hydrogen (secondary N) is 1. The van der Waals surface area contributed by atoms with Gasteiger partial charge in [0, 0.05) is 10.9 Å². The van der Waals surface area contributed by atoms with Gasteiger partial charge in [-0.3, -0.25) is 5.84 Å². The second-order valence-corrected chi connectivity index (χ2v) is 4.88. The lowest BCUT2D eigenvalue weighted by molar-refractivity contribution is 0.443. The molecule has 21 heavy (non-hydrogen) atoms. The van der Waals surface area contributed by atoms with E-state index in [0.29, 0.717) is 11.3 Å². The van der Waals surface area contributed by atoms with E-state index in [1.807, 2.05) is 25.1 Å². The number of fused-ring (bicyclic) bond motifs is 1. The zero-order valence-electron chi connectivity index (χ0n) is 11.4.